The lowest BCUT2D eigenvalue weighted by Crippen LogP contribution is -2.23. The maximum absolute atomic E-state index is 11.8. The Morgan fingerprint density at radius 1 is 1.35 bits per heavy atom. The Kier molecular flexibility index (Phi) is 3.62. The van der Waals surface area contributed by atoms with Crippen molar-refractivity contribution in [3.8, 4) is 0 Å². The highest BCUT2D eigenvalue weighted by atomic mass is 32.1. The molecular formula is C12H11N3OS. The number of rotatable bonds is 3. The van der Waals surface area contributed by atoms with Crippen molar-refractivity contribution in [1.29, 1.82) is 0 Å². The summed E-state index contributed by atoms with van der Waals surface area (Å²) in [5.74, 6) is -0.197. The lowest BCUT2D eigenvalue weighted by atomic mass is 10.2. The van der Waals surface area contributed by atoms with Gasteiger partial charge in [0.2, 0.25) is 0 Å². The Morgan fingerprint density at radius 2 is 2.24 bits per heavy atom. The SMILES string of the molecule is O=C(NCc1ccccn1)c1ccc[nH]c1=S. The van der Waals surface area contributed by atoms with Gasteiger partial charge in [-0.05, 0) is 24.3 Å². The Labute approximate surface area is 104 Å². The minimum absolute atomic E-state index is 0.197. The number of hydrogen-bond acceptors (Lipinski definition) is 3. The van der Waals surface area contributed by atoms with Crippen LogP contribution in [0.1, 0.15) is 16.1 Å². The van der Waals surface area contributed by atoms with E-state index in [0.717, 1.165) is 5.69 Å². The van der Waals surface area contributed by atoms with Crippen molar-refractivity contribution in [2.75, 3.05) is 0 Å². The summed E-state index contributed by atoms with van der Waals surface area (Å²) in [5, 5.41) is 2.77. The van der Waals surface area contributed by atoms with E-state index in [0.29, 0.717) is 16.7 Å². The van der Waals surface area contributed by atoms with E-state index in [1.807, 2.05) is 18.2 Å². The maximum atomic E-state index is 11.8. The highest BCUT2D eigenvalue weighted by molar-refractivity contribution is 7.71. The Morgan fingerprint density at radius 3 is 2.94 bits per heavy atom. The van der Waals surface area contributed by atoms with Gasteiger partial charge in [0, 0.05) is 12.4 Å². The van der Waals surface area contributed by atoms with Crippen LogP contribution < -0.4 is 5.32 Å². The second kappa shape index (κ2) is 5.36. The van der Waals surface area contributed by atoms with E-state index in [4.69, 9.17) is 12.2 Å². The van der Waals surface area contributed by atoms with Crippen molar-refractivity contribution in [2.45, 2.75) is 6.54 Å². The molecule has 2 aromatic rings. The average molecular weight is 245 g/mol. The second-order valence-corrected chi connectivity index (χ2v) is 3.82. The molecule has 4 nitrogen and oxygen atoms in total. The van der Waals surface area contributed by atoms with Crippen molar-refractivity contribution < 1.29 is 4.79 Å². The van der Waals surface area contributed by atoms with Crippen LogP contribution in [0.5, 0.6) is 0 Å². The monoisotopic (exact) mass is 245 g/mol. The van der Waals surface area contributed by atoms with Crippen LogP contribution in [0.15, 0.2) is 42.7 Å². The molecule has 0 spiro atoms. The third-order valence-corrected chi connectivity index (χ3v) is 2.56. The van der Waals surface area contributed by atoms with Crippen LogP contribution in [-0.4, -0.2) is 15.9 Å². The molecule has 2 aromatic heterocycles. The van der Waals surface area contributed by atoms with Crippen LogP contribution in [0.4, 0.5) is 0 Å². The van der Waals surface area contributed by atoms with E-state index in [2.05, 4.69) is 15.3 Å². The molecule has 0 radical (unpaired) electrons. The van der Waals surface area contributed by atoms with Gasteiger partial charge < -0.3 is 10.3 Å². The van der Waals surface area contributed by atoms with Crippen LogP contribution in [0.3, 0.4) is 0 Å². The van der Waals surface area contributed by atoms with Crippen LogP contribution in [-0.2, 0) is 6.54 Å². The predicted octanol–water partition coefficient (Wildman–Crippen LogP) is 2.07. The number of nitrogens with zero attached hydrogens (tertiary/aromatic N) is 1. The summed E-state index contributed by atoms with van der Waals surface area (Å²) in [6, 6.07) is 8.99. The summed E-state index contributed by atoms with van der Waals surface area (Å²) in [4.78, 5) is 18.7. The smallest absolute Gasteiger partial charge is 0.254 e. The average Bonchev–Trinajstić information content (AvgIpc) is 2.38. The van der Waals surface area contributed by atoms with Gasteiger partial charge in [0.1, 0.15) is 4.64 Å². The molecule has 0 aliphatic heterocycles. The van der Waals surface area contributed by atoms with Crippen LogP contribution in [0.2, 0.25) is 0 Å². The fourth-order valence-electron chi connectivity index (χ4n) is 1.37. The molecule has 86 valence electrons. The van der Waals surface area contributed by atoms with Gasteiger partial charge in [-0.1, -0.05) is 18.3 Å². The van der Waals surface area contributed by atoms with Gasteiger partial charge in [-0.2, -0.15) is 0 Å². The largest absolute Gasteiger partial charge is 0.352 e. The molecule has 0 aliphatic rings. The maximum Gasteiger partial charge on any atom is 0.254 e. The fraction of sp³-hybridized carbons (Fsp3) is 0.0833. The van der Waals surface area contributed by atoms with E-state index in [1.54, 1.807) is 24.5 Å². The summed E-state index contributed by atoms with van der Waals surface area (Å²) < 4.78 is 0.436. The number of hydrogen-bond donors (Lipinski definition) is 2. The van der Waals surface area contributed by atoms with Crippen molar-refractivity contribution >= 4 is 18.1 Å². The predicted molar refractivity (Wildman–Crippen MR) is 67.0 cm³/mol. The lowest BCUT2D eigenvalue weighted by molar-refractivity contribution is 0.0949. The second-order valence-electron chi connectivity index (χ2n) is 3.42. The molecule has 5 heteroatoms. The van der Waals surface area contributed by atoms with Crippen LogP contribution >= 0.6 is 12.2 Å². The van der Waals surface area contributed by atoms with E-state index >= 15 is 0 Å². The number of H-pyrrole nitrogens is 1. The molecule has 0 atom stereocenters. The van der Waals surface area contributed by atoms with E-state index in [1.165, 1.54) is 0 Å². The Balaban J connectivity index is 2.04. The highest BCUT2D eigenvalue weighted by Gasteiger charge is 2.06. The molecule has 0 aromatic carbocycles. The third-order valence-electron chi connectivity index (χ3n) is 2.22. The normalized spacial score (nSPS) is 9.88. The first-order valence-electron chi connectivity index (χ1n) is 5.13. The molecule has 2 heterocycles. The van der Waals surface area contributed by atoms with Crippen molar-refractivity contribution in [3.05, 3.63) is 58.6 Å². The van der Waals surface area contributed by atoms with Gasteiger partial charge in [-0.15, -0.1) is 0 Å². The summed E-state index contributed by atoms with van der Waals surface area (Å²) in [6.07, 6.45) is 3.38. The molecular weight excluding hydrogens is 234 g/mol. The number of amides is 1. The van der Waals surface area contributed by atoms with E-state index < -0.39 is 0 Å². The van der Waals surface area contributed by atoms with Crippen molar-refractivity contribution in [3.63, 3.8) is 0 Å². The zero-order valence-corrected chi connectivity index (χ0v) is 9.83. The first-order valence-corrected chi connectivity index (χ1v) is 5.54. The third kappa shape index (κ3) is 2.98. The topological polar surface area (TPSA) is 57.8 Å². The molecule has 1 amide bonds. The Bertz CT molecular complexity index is 565. The van der Waals surface area contributed by atoms with E-state index in [9.17, 15) is 4.79 Å². The summed E-state index contributed by atoms with van der Waals surface area (Å²) in [6.45, 7) is 0.392. The minimum atomic E-state index is -0.197. The number of carbonyl (C=O) groups excluding carboxylic acids is 1. The molecule has 0 aliphatic carbocycles. The van der Waals surface area contributed by atoms with Crippen molar-refractivity contribution in [1.82, 2.24) is 15.3 Å². The molecule has 17 heavy (non-hydrogen) atoms. The first-order chi connectivity index (χ1) is 8.27. The van der Waals surface area contributed by atoms with Gasteiger partial charge in [0.25, 0.3) is 5.91 Å². The van der Waals surface area contributed by atoms with Crippen LogP contribution in [0, 0.1) is 4.64 Å². The molecule has 0 fully saturated rings. The molecule has 0 unspecified atom stereocenters. The molecule has 2 rings (SSSR count). The zero-order valence-electron chi connectivity index (χ0n) is 9.01. The van der Waals surface area contributed by atoms with Gasteiger partial charge in [0.05, 0.1) is 17.8 Å². The van der Waals surface area contributed by atoms with Gasteiger partial charge in [-0.25, -0.2) is 0 Å². The summed E-state index contributed by atoms with van der Waals surface area (Å²) >= 11 is 5.03. The number of pyridine rings is 2. The first kappa shape index (κ1) is 11.5. The zero-order chi connectivity index (χ0) is 12.1. The van der Waals surface area contributed by atoms with Gasteiger partial charge >= 0.3 is 0 Å². The van der Waals surface area contributed by atoms with Crippen LogP contribution in [0.25, 0.3) is 0 Å². The highest BCUT2D eigenvalue weighted by Crippen LogP contribution is 2.00. The molecule has 2 N–H and O–H groups in total. The number of aromatic nitrogens is 2. The molecule has 0 saturated carbocycles. The molecule has 0 saturated heterocycles. The summed E-state index contributed by atoms with van der Waals surface area (Å²) in [5.41, 5.74) is 1.28. The minimum Gasteiger partial charge on any atom is -0.352 e. The van der Waals surface area contributed by atoms with Gasteiger partial charge in [0.15, 0.2) is 0 Å². The fourth-order valence-corrected chi connectivity index (χ4v) is 1.60. The van der Waals surface area contributed by atoms with Crippen molar-refractivity contribution in [2.24, 2.45) is 0 Å². The van der Waals surface area contributed by atoms with E-state index in [-0.39, 0.29) is 5.91 Å². The standard InChI is InChI=1S/C12H11N3OS/c16-11(10-5-3-7-14-12(10)17)15-8-9-4-1-2-6-13-9/h1-7H,8H2,(H,14,17)(H,15,16). The quantitative estimate of drug-likeness (QED) is 0.814. The number of carbonyl (C=O) groups is 1. The lowest BCUT2D eigenvalue weighted by Gasteiger charge is -2.04. The Hall–Kier alpha value is -2.01. The molecule has 0 bridgehead atoms. The number of nitrogens with one attached hydrogen (secondary N) is 2. The summed E-state index contributed by atoms with van der Waals surface area (Å²) in [7, 11) is 0. The number of aromatic amines is 1. The van der Waals surface area contributed by atoms with Gasteiger partial charge in [-0.3, -0.25) is 9.78 Å².